The monoisotopic (exact) mass is 375 g/mol. The molecule has 1 amide bonds. The summed E-state index contributed by atoms with van der Waals surface area (Å²) in [7, 11) is -3.53. The van der Waals surface area contributed by atoms with Crippen molar-refractivity contribution in [3.05, 3.63) is 65.7 Å². The normalized spacial score (nSPS) is 12.3. The van der Waals surface area contributed by atoms with Crippen molar-refractivity contribution in [3.8, 4) is 0 Å². The second kappa shape index (κ2) is 8.62. The van der Waals surface area contributed by atoms with Gasteiger partial charge in [0, 0.05) is 5.56 Å². The SMILES string of the molecule is CCCC(NC(=O)c1ccc(S(=O)(=O)Cc2ccccc2)cc1)C(=O)O. The molecule has 0 spiro atoms. The zero-order valence-corrected chi connectivity index (χ0v) is 15.2. The fourth-order valence-electron chi connectivity index (χ4n) is 2.48. The first-order valence-electron chi connectivity index (χ1n) is 8.24. The largest absolute Gasteiger partial charge is 0.480 e. The van der Waals surface area contributed by atoms with Crippen LogP contribution >= 0.6 is 0 Å². The Hall–Kier alpha value is -2.67. The highest BCUT2D eigenvalue weighted by molar-refractivity contribution is 7.90. The Labute approximate surface area is 152 Å². The quantitative estimate of drug-likeness (QED) is 0.739. The minimum absolute atomic E-state index is 0.112. The third-order valence-electron chi connectivity index (χ3n) is 3.86. The van der Waals surface area contributed by atoms with Crippen LogP contribution < -0.4 is 5.32 Å². The summed E-state index contributed by atoms with van der Waals surface area (Å²) in [6.07, 6.45) is 0.943. The first kappa shape index (κ1) is 19.7. The van der Waals surface area contributed by atoms with Gasteiger partial charge in [-0.2, -0.15) is 0 Å². The summed E-state index contributed by atoms with van der Waals surface area (Å²) in [6.45, 7) is 1.83. The molecule has 0 saturated carbocycles. The number of hydrogen-bond donors (Lipinski definition) is 2. The molecule has 138 valence electrons. The second-order valence-electron chi connectivity index (χ2n) is 5.92. The van der Waals surface area contributed by atoms with Gasteiger partial charge in [0.1, 0.15) is 6.04 Å². The van der Waals surface area contributed by atoms with Gasteiger partial charge in [-0.1, -0.05) is 43.7 Å². The Morgan fingerprint density at radius 2 is 1.65 bits per heavy atom. The molecule has 2 rings (SSSR count). The van der Waals surface area contributed by atoms with Gasteiger partial charge in [0.25, 0.3) is 5.91 Å². The third kappa shape index (κ3) is 5.16. The molecule has 6 nitrogen and oxygen atoms in total. The lowest BCUT2D eigenvalue weighted by Crippen LogP contribution is -2.40. The van der Waals surface area contributed by atoms with Crippen molar-refractivity contribution in [1.82, 2.24) is 5.32 Å². The maximum absolute atomic E-state index is 12.5. The average Bonchev–Trinajstić information content (AvgIpc) is 2.61. The van der Waals surface area contributed by atoms with Crippen molar-refractivity contribution in [2.45, 2.75) is 36.5 Å². The predicted molar refractivity (Wildman–Crippen MR) is 97.6 cm³/mol. The molecule has 0 bridgehead atoms. The van der Waals surface area contributed by atoms with Crippen LogP contribution in [0.1, 0.15) is 35.7 Å². The van der Waals surface area contributed by atoms with E-state index in [1.165, 1.54) is 24.3 Å². The third-order valence-corrected chi connectivity index (χ3v) is 5.56. The molecule has 1 unspecified atom stereocenters. The van der Waals surface area contributed by atoms with Crippen molar-refractivity contribution < 1.29 is 23.1 Å². The van der Waals surface area contributed by atoms with Crippen molar-refractivity contribution in [3.63, 3.8) is 0 Å². The lowest BCUT2D eigenvalue weighted by atomic mass is 10.1. The molecule has 2 aromatic carbocycles. The molecule has 0 radical (unpaired) electrons. The molecule has 0 aliphatic rings. The van der Waals surface area contributed by atoms with Crippen molar-refractivity contribution >= 4 is 21.7 Å². The number of carbonyl (C=O) groups is 2. The van der Waals surface area contributed by atoms with Crippen LogP contribution in [-0.4, -0.2) is 31.4 Å². The number of rotatable bonds is 8. The zero-order valence-electron chi connectivity index (χ0n) is 14.4. The first-order chi connectivity index (χ1) is 12.3. The number of amides is 1. The Kier molecular flexibility index (Phi) is 6.52. The highest BCUT2D eigenvalue weighted by Crippen LogP contribution is 2.17. The van der Waals surface area contributed by atoms with Crippen molar-refractivity contribution in [2.24, 2.45) is 0 Å². The fourth-order valence-corrected chi connectivity index (χ4v) is 3.83. The van der Waals surface area contributed by atoms with Crippen LogP contribution in [0.2, 0.25) is 0 Å². The number of carboxylic acid groups (broad SMARTS) is 1. The lowest BCUT2D eigenvalue weighted by molar-refractivity contribution is -0.139. The van der Waals surface area contributed by atoms with Gasteiger partial charge in [0.15, 0.2) is 9.84 Å². The number of nitrogens with one attached hydrogen (secondary N) is 1. The Morgan fingerprint density at radius 3 is 2.19 bits per heavy atom. The summed E-state index contributed by atoms with van der Waals surface area (Å²) >= 11 is 0. The van der Waals surface area contributed by atoms with Crippen LogP contribution in [0.5, 0.6) is 0 Å². The van der Waals surface area contributed by atoms with Gasteiger partial charge in [-0.3, -0.25) is 4.79 Å². The number of sulfone groups is 1. The topological polar surface area (TPSA) is 101 Å². The molecular formula is C19H21NO5S. The number of aliphatic carboxylic acids is 1. The van der Waals surface area contributed by atoms with E-state index in [0.717, 1.165) is 0 Å². The molecule has 26 heavy (non-hydrogen) atoms. The van der Waals surface area contributed by atoms with Crippen LogP contribution in [0, 0.1) is 0 Å². The summed E-state index contributed by atoms with van der Waals surface area (Å²) < 4.78 is 24.9. The van der Waals surface area contributed by atoms with Gasteiger partial charge < -0.3 is 10.4 Å². The Morgan fingerprint density at radius 1 is 1.04 bits per heavy atom. The van der Waals surface area contributed by atoms with Gasteiger partial charge in [-0.05, 0) is 36.2 Å². The van der Waals surface area contributed by atoms with E-state index >= 15 is 0 Å². The van der Waals surface area contributed by atoms with Gasteiger partial charge >= 0.3 is 5.97 Å². The van der Waals surface area contributed by atoms with E-state index in [1.807, 2.05) is 13.0 Å². The lowest BCUT2D eigenvalue weighted by Gasteiger charge is -2.13. The summed E-state index contributed by atoms with van der Waals surface area (Å²) in [5.41, 5.74) is 0.893. The summed E-state index contributed by atoms with van der Waals surface area (Å²) in [5.74, 6) is -1.77. The van der Waals surface area contributed by atoms with Crippen LogP contribution in [-0.2, 0) is 20.4 Å². The molecule has 0 aliphatic heterocycles. The fraction of sp³-hybridized carbons (Fsp3) is 0.263. The van der Waals surface area contributed by atoms with Gasteiger partial charge in [0.05, 0.1) is 10.6 Å². The Balaban J connectivity index is 2.12. The zero-order chi connectivity index (χ0) is 19.2. The summed E-state index contributed by atoms with van der Waals surface area (Å²) in [6, 6.07) is 13.4. The molecule has 2 aromatic rings. The standard InChI is InChI=1S/C19H21NO5S/c1-2-6-17(19(22)23)20-18(21)15-9-11-16(12-10-15)26(24,25)13-14-7-4-3-5-8-14/h3-5,7-12,17H,2,6,13H2,1H3,(H,20,21)(H,22,23). The Bertz CT molecular complexity index is 861. The van der Waals surface area contributed by atoms with Crippen LogP contribution in [0.15, 0.2) is 59.5 Å². The van der Waals surface area contributed by atoms with E-state index in [0.29, 0.717) is 18.4 Å². The second-order valence-corrected chi connectivity index (χ2v) is 7.91. The maximum atomic E-state index is 12.5. The molecule has 0 fully saturated rings. The maximum Gasteiger partial charge on any atom is 0.326 e. The number of hydrogen-bond acceptors (Lipinski definition) is 4. The van der Waals surface area contributed by atoms with Gasteiger partial charge in [0.2, 0.25) is 0 Å². The van der Waals surface area contributed by atoms with E-state index in [4.69, 9.17) is 5.11 Å². The van der Waals surface area contributed by atoms with Crippen LogP contribution in [0.4, 0.5) is 0 Å². The highest BCUT2D eigenvalue weighted by Gasteiger charge is 2.20. The minimum Gasteiger partial charge on any atom is -0.480 e. The molecule has 7 heteroatoms. The van der Waals surface area contributed by atoms with E-state index in [-0.39, 0.29) is 16.2 Å². The van der Waals surface area contributed by atoms with Crippen molar-refractivity contribution in [1.29, 1.82) is 0 Å². The number of carbonyl (C=O) groups excluding carboxylic acids is 1. The van der Waals surface area contributed by atoms with Crippen LogP contribution in [0.3, 0.4) is 0 Å². The molecule has 0 aromatic heterocycles. The first-order valence-corrected chi connectivity index (χ1v) is 9.89. The van der Waals surface area contributed by atoms with Gasteiger partial charge in [-0.25, -0.2) is 13.2 Å². The number of benzene rings is 2. The molecule has 0 heterocycles. The molecule has 1 atom stereocenters. The van der Waals surface area contributed by atoms with E-state index in [9.17, 15) is 18.0 Å². The van der Waals surface area contributed by atoms with E-state index in [1.54, 1.807) is 24.3 Å². The number of carboxylic acids is 1. The minimum atomic E-state index is -3.53. The molecule has 0 saturated heterocycles. The van der Waals surface area contributed by atoms with Crippen molar-refractivity contribution in [2.75, 3.05) is 0 Å². The summed E-state index contributed by atoms with van der Waals surface area (Å²) in [5, 5.41) is 11.5. The molecule has 2 N–H and O–H groups in total. The van der Waals surface area contributed by atoms with E-state index in [2.05, 4.69) is 5.32 Å². The molecular weight excluding hydrogens is 354 g/mol. The predicted octanol–water partition coefficient (Wildman–Crippen LogP) is 2.64. The average molecular weight is 375 g/mol. The highest BCUT2D eigenvalue weighted by atomic mass is 32.2. The van der Waals surface area contributed by atoms with Crippen LogP contribution in [0.25, 0.3) is 0 Å². The molecule has 0 aliphatic carbocycles. The smallest absolute Gasteiger partial charge is 0.326 e. The van der Waals surface area contributed by atoms with Gasteiger partial charge in [-0.15, -0.1) is 0 Å². The summed E-state index contributed by atoms with van der Waals surface area (Å²) in [4.78, 5) is 23.4. The van der Waals surface area contributed by atoms with E-state index < -0.39 is 27.8 Å².